The van der Waals surface area contributed by atoms with E-state index in [4.69, 9.17) is 4.74 Å². The van der Waals surface area contributed by atoms with Gasteiger partial charge in [0.25, 0.3) is 0 Å². The van der Waals surface area contributed by atoms with Crippen LogP contribution in [0.1, 0.15) is 18.9 Å². The van der Waals surface area contributed by atoms with E-state index in [0.717, 1.165) is 23.9 Å². The number of amides is 1. The predicted octanol–water partition coefficient (Wildman–Crippen LogP) is 2.12. The van der Waals surface area contributed by atoms with Crippen LogP contribution < -0.4 is 10.6 Å². The minimum absolute atomic E-state index is 0.0439. The highest BCUT2D eigenvalue weighted by Gasteiger charge is 2.21. The third-order valence-corrected chi connectivity index (χ3v) is 4.29. The second-order valence-electron chi connectivity index (χ2n) is 5.44. The summed E-state index contributed by atoms with van der Waals surface area (Å²) in [6, 6.07) is 8.14. The van der Waals surface area contributed by atoms with Gasteiger partial charge in [0.2, 0.25) is 5.91 Å². The van der Waals surface area contributed by atoms with E-state index in [1.165, 1.54) is 5.56 Å². The second-order valence-corrected chi connectivity index (χ2v) is 6.35. The van der Waals surface area contributed by atoms with Crippen LogP contribution in [-0.4, -0.2) is 38.3 Å². The van der Waals surface area contributed by atoms with Crippen LogP contribution in [0.5, 0.6) is 0 Å². The lowest BCUT2D eigenvalue weighted by atomic mass is 9.97. The molecule has 0 aromatic heterocycles. The minimum atomic E-state index is -0.206. The van der Waals surface area contributed by atoms with Crippen LogP contribution in [0.2, 0.25) is 0 Å². The number of carbonyl (C=O) groups excluding carboxylic acids is 1. The highest BCUT2D eigenvalue weighted by molar-refractivity contribution is 9.10. The second kappa shape index (κ2) is 8.51. The monoisotopic (exact) mass is 354 g/mol. The normalized spacial score (nSPS) is 20.0. The molecule has 1 saturated heterocycles. The summed E-state index contributed by atoms with van der Waals surface area (Å²) < 4.78 is 6.42. The van der Waals surface area contributed by atoms with Gasteiger partial charge in [-0.25, -0.2) is 0 Å². The molecule has 2 atom stereocenters. The fraction of sp³-hybridized carbons (Fsp3) is 0.562. The third-order valence-electron chi connectivity index (χ3n) is 3.79. The van der Waals surface area contributed by atoms with Crippen molar-refractivity contribution in [2.45, 2.75) is 25.8 Å². The van der Waals surface area contributed by atoms with E-state index in [9.17, 15) is 4.79 Å². The van der Waals surface area contributed by atoms with Crippen LogP contribution in [-0.2, 0) is 16.0 Å². The van der Waals surface area contributed by atoms with Crippen molar-refractivity contribution in [2.75, 3.05) is 26.3 Å². The van der Waals surface area contributed by atoms with E-state index in [1.54, 1.807) is 0 Å². The maximum Gasteiger partial charge on any atom is 0.239 e. The summed E-state index contributed by atoms with van der Waals surface area (Å²) >= 11 is 3.50. The van der Waals surface area contributed by atoms with Gasteiger partial charge in [0.05, 0.1) is 13.2 Å². The Hall–Kier alpha value is -0.910. The Morgan fingerprint density at radius 1 is 1.57 bits per heavy atom. The predicted molar refractivity (Wildman–Crippen MR) is 87.2 cm³/mol. The maximum absolute atomic E-state index is 12.1. The first-order valence-corrected chi connectivity index (χ1v) is 8.31. The maximum atomic E-state index is 12.1. The summed E-state index contributed by atoms with van der Waals surface area (Å²) in [5.74, 6) is 0.496. The summed E-state index contributed by atoms with van der Waals surface area (Å²) in [6.07, 6.45) is 2.02. The molecular formula is C16H23BrN2O2. The minimum Gasteiger partial charge on any atom is -0.378 e. The molecule has 21 heavy (non-hydrogen) atoms. The number of morpholine rings is 1. The summed E-state index contributed by atoms with van der Waals surface area (Å²) in [7, 11) is 0. The summed E-state index contributed by atoms with van der Waals surface area (Å²) in [4.78, 5) is 12.1. The zero-order valence-electron chi connectivity index (χ0n) is 12.4. The lowest BCUT2D eigenvalue weighted by molar-refractivity contribution is -0.126. The molecule has 1 aliphatic rings. The highest BCUT2D eigenvalue weighted by atomic mass is 79.9. The van der Waals surface area contributed by atoms with Gasteiger partial charge >= 0.3 is 0 Å². The van der Waals surface area contributed by atoms with Crippen LogP contribution in [0.4, 0.5) is 0 Å². The molecule has 0 spiro atoms. The SMILES string of the molecule is CCC(CNC(=O)C1COCCN1)Cc1cccc(Br)c1. The van der Waals surface area contributed by atoms with Crippen molar-refractivity contribution in [3.8, 4) is 0 Å². The molecule has 1 aromatic carbocycles. The number of halogens is 1. The number of benzene rings is 1. The van der Waals surface area contributed by atoms with Crippen LogP contribution in [0.25, 0.3) is 0 Å². The Morgan fingerprint density at radius 3 is 3.10 bits per heavy atom. The summed E-state index contributed by atoms with van der Waals surface area (Å²) in [6.45, 7) is 4.77. The molecular weight excluding hydrogens is 332 g/mol. The van der Waals surface area contributed by atoms with Crippen molar-refractivity contribution < 1.29 is 9.53 Å². The van der Waals surface area contributed by atoms with Crippen LogP contribution in [0.15, 0.2) is 28.7 Å². The molecule has 116 valence electrons. The van der Waals surface area contributed by atoms with Crippen LogP contribution >= 0.6 is 15.9 Å². The molecule has 1 aromatic rings. The number of hydrogen-bond acceptors (Lipinski definition) is 3. The molecule has 1 amide bonds. The van der Waals surface area contributed by atoms with Gasteiger partial charge in [0.1, 0.15) is 6.04 Å². The van der Waals surface area contributed by atoms with Crippen molar-refractivity contribution in [1.29, 1.82) is 0 Å². The fourth-order valence-corrected chi connectivity index (χ4v) is 2.91. The molecule has 2 rings (SSSR count). The molecule has 0 saturated carbocycles. The number of hydrogen-bond donors (Lipinski definition) is 2. The first-order chi connectivity index (χ1) is 10.2. The average Bonchev–Trinajstić information content (AvgIpc) is 2.52. The lowest BCUT2D eigenvalue weighted by Gasteiger charge is -2.24. The van der Waals surface area contributed by atoms with Gasteiger partial charge in [-0.15, -0.1) is 0 Å². The molecule has 0 bridgehead atoms. The quantitative estimate of drug-likeness (QED) is 0.822. The Kier molecular flexibility index (Phi) is 6.67. The lowest BCUT2D eigenvalue weighted by Crippen LogP contribution is -2.51. The van der Waals surface area contributed by atoms with Crippen molar-refractivity contribution in [2.24, 2.45) is 5.92 Å². The Labute approximate surface area is 134 Å². The number of rotatable bonds is 6. The highest BCUT2D eigenvalue weighted by Crippen LogP contribution is 2.16. The standard InChI is InChI=1S/C16H23BrN2O2/c1-2-12(8-13-4-3-5-14(17)9-13)10-19-16(20)15-11-21-7-6-18-15/h3-5,9,12,15,18H,2,6-8,10-11H2,1H3,(H,19,20). The van der Waals surface area contributed by atoms with Gasteiger partial charge in [0.15, 0.2) is 0 Å². The third kappa shape index (κ3) is 5.41. The number of nitrogens with one attached hydrogen (secondary N) is 2. The van der Waals surface area contributed by atoms with Gasteiger partial charge in [-0.1, -0.05) is 41.4 Å². The van der Waals surface area contributed by atoms with Gasteiger partial charge in [0, 0.05) is 17.6 Å². The van der Waals surface area contributed by atoms with Gasteiger partial charge in [-0.3, -0.25) is 4.79 Å². The molecule has 2 N–H and O–H groups in total. The zero-order valence-corrected chi connectivity index (χ0v) is 14.0. The molecule has 1 aliphatic heterocycles. The van der Waals surface area contributed by atoms with E-state index < -0.39 is 0 Å². The topological polar surface area (TPSA) is 50.4 Å². The van der Waals surface area contributed by atoms with E-state index in [0.29, 0.717) is 25.7 Å². The Morgan fingerprint density at radius 2 is 2.43 bits per heavy atom. The van der Waals surface area contributed by atoms with Crippen LogP contribution in [0, 0.1) is 5.92 Å². The number of ether oxygens (including phenoxy) is 1. The van der Waals surface area contributed by atoms with Gasteiger partial charge < -0.3 is 15.4 Å². The Bertz CT molecular complexity index is 461. The molecule has 0 radical (unpaired) electrons. The van der Waals surface area contributed by atoms with Crippen molar-refractivity contribution in [3.05, 3.63) is 34.3 Å². The zero-order chi connectivity index (χ0) is 15.1. The summed E-state index contributed by atoms with van der Waals surface area (Å²) in [5.41, 5.74) is 1.30. The van der Waals surface area contributed by atoms with Crippen molar-refractivity contribution in [1.82, 2.24) is 10.6 Å². The largest absolute Gasteiger partial charge is 0.378 e. The van der Waals surface area contributed by atoms with Gasteiger partial charge in [-0.05, 0) is 30.0 Å². The molecule has 1 fully saturated rings. The molecule has 1 heterocycles. The van der Waals surface area contributed by atoms with E-state index in [1.807, 2.05) is 12.1 Å². The fourth-order valence-electron chi connectivity index (χ4n) is 2.46. The summed E-state index contributed by atoms with van der Waals surface area (Å²) in [5, 5.41) is 6.22. The van der Waals surface area contributed by atoms with Crippen molar-refractivity contribution in [3.63, 3.8) is 0 Å². The average molecular weight is 355 g/mol. The first kappa shape index (κ1) is 16.5. The molecule has 4 nitrogen and oxygen atoms in total. The Balaban J connectivity index is 1.80. The smallest absolute Gasteiger partial charge is 0.239 e. The molecule has 2 unspecified atom stereocenters. The van der Waals surface area contributed by atoms with E-state index in [-0.39, 0.29) is 11.9 Å². The van der Waals surface area contributed by atoms with E-state index >= 15 is 0 Å². The van der Waals surface area contributed by atoms with Crippen molar-refractivity contribution >= 4 is 21.8 Å². The van der Waals surface area contributed by atoms with Gasteiger partial charge in [-0.2, -0.15) is 0 Å². The molecule has 0 aliphatic carbocycles. The number of carbonyl (C=O) groups is 1. The first-order valence-electron chi connectivity index (χ1n) is 7.52. The molecule has 5 heteroatoms. The van der Waals surface area contributed by atoms with Crippen LogP contribution in [0.3, 0.4) is 0 Å². The van der Waals surface area contributed by atoms with E-state index in [2.05, 4.69) is 45.6 Å².